The number of anilines is 1. The van der Waals surface area contributed by atoms with Gasteiger partial charge in [0, 0.05) is 5.56 Å². The van der Waals surface area contributed by atoms with E-state index in [-0.39, 0.29) is 5.91 Å². The number of rotatable bonds is 2. The molecule has 1 N–H and O–H groups in total. The number of nitrogens with one attached hydrogen (secondary N) is 1. The van der Waals surface area contributed by atoms with Crippen molar-refractivity contribution in [2.24, 2.45) is 0 Å². The molecule has 0 bridgehead atoms. The van der Waals surface area contributed by atoms with Crippen LogP contribution < -0.4 is 5.32 Å². The molecule has 3 nitrogen and oxygen atoms in total. The number of hydrogen-bond donors (Lipinski definition) is 1. The van der Waals surface area contributed by atoms with E-state index in [1.165, 1.54) is 22.5 Å². The Hall–Kier alpha value is -2.20. The molecule has 1 aromatic heterocycles. The number of fused-ring (bicyclic) bond motifs is 1. The summed E-state index contributed by atoms with van der Waals surface area (Å²) >= 11 is 1.51. The standard InChI is InChI=1S/C18H18N2OS/c1-10-7-13(4)16-15(8-10)22-18(19-16)20-17(21)14-6-5-11(2)12(3)9-14/h5-9H,1-4H3,(H,19,20,21). The molecule has 1 heterocycles. The van der Waals surface area contributed by atoms with Crippen LogP contribution in [0.1, 0.15) is 32.6 Å². The van der Waals surface area contributed by atoms with Gasteiger partial charge >= 0.3 is 0 Å². The smallest absolute Gasteiger partial charge is 0.257 e. The predicted octanol–water partition coefficient (Wildman–Crippen LogP) is 4.78. The van der Waals surface area contributed by atoms with E-state index in [0.717, 1.165) is 21.3 Å². The average Bonchev–Trinajstić information content (AvgIpc) is 2.84. The molecule has 0 saturated heterocycles. The van der Waals surface area contributed by atoms with Crippen LogP contribution in [0.25, 0.3) is 10.2 Å². The monoisotopic (exact) mass is 310 g/mol. The summed E-state index contributed by atoms with van der Waals surface area (Å²) in [5, 5.41) is 3.55. The first-order valence-corrected chi connectivity index (χ1v) is 8.02. The summed E-state index contributed by atoms with van der Waals surface area (Å²) in [4.78, 5) is 16.9. The molecule has 3 rings (SSSR count). The van der Waals surface area contributed by atoms with Gasteiger partial charge in [-0.2, -0.15) is 0 Å². The highest BCUT2D eigenvalue weighted by molar-refractivity contribution is 7.22. The van der Waals surface area contributed by atoms with Crippen LogP contribution in [0.15, 0.2) is 30.3 Å². The van der Waals surface area contributed by atoms with E-state index in [4.69, 9.17) is 0 Å². The second kappa shape index (κ2) is 5.54. The number of aryl methyl sites for hydroxylation is 4. The van der Waals surface area contributed by atoms with Gasteiger partial charge in [-0.05, 0) is 68.1 Å². The zero-order valence-electron chi connectivity index (χ0n) is 13.2. The van der Waals surface area contributed by atoms with Crippen LogP contribution in [-0.4, -0.2) is 10.9 Å². The zero-order chi connectivity index (χ0) is 15.9. The highest BCUT2D eigenvalue weighted by Gasteiger charge is 2.12. The van der Waals surface area contributed by atoms with Crippen molar-refractivity contribution in [3.05, 3.63) is 58.1 Å². The molecule has 112 valence electrons. The highest BCUT2D eigenvalue weighted by Crippen LogP contribution is 2.29. The van der Waals surface area contributed by atoms with Gasteiger partial charge in [-0.25, -0.2) is 4.98 Å². The Morgan fingerprint density at radius 3 is 2.50 bits per heavy atom. The molecule has 22 heavy (non-hydrogen) atoms. The Balaban J connectivity index is 1.90. The summed E-state index contributed by atoms with van der Waals surface area (Å²) in [7, 11) is 0. The van der Waals surface area contributed by atoms with Gasteiger partial charge in [-0.1, -0.05) is 23.5 Å². The van der Waals surface area contributed by atoms with Crippen molar-refractivity contribution in [3.8, 4) is 0 Å². The van der Waals surface area contributed by atoms with E-state index >= 15 is 0 Å². The third kappa shape index (κ3) is 2.74. The quantitative estimate of drug-likeness (QED) is 0.740. The van der Waals surface area contributed by atoms with Gasteiger partial charge in [0.05, 0.1) is 10.2 Å². The Morgan fingerprint density at radius 2 is 1.77 bits per heavy atom. The summed E-state index contributed by atoms with van der Waals surface area (Å²) in [6.07, 6.45) is 0. The average molecular weight is 310 g/mol. The van der Waals surface area contributed by atoms with Crippen LogP contribution >= 0.6 is 11.3 Å². The van der Waals surface area contributed by atoms with Crippen LogP contribution in [0.2, 0.25) is 0 Å². The van der Waals surface area contributed by atoms with Crippen molar-refractivity contribution in [2.45, 2.75) is 27.7 Å². The maximum Gasteiger partial charge on any atom is 0.257 e. The van der Waals surface area contributed by atoms with Gasteiger partial charge in [-0.3, -0.25) is 10.1 Å². The number of carbonyl (C=O) groups is 1. The lowest BCUT2D eigenvalue weighted by molar-refractivity contribution is 0.102. The van der Waals surface area contributed by atoms with Gasteiger partial charge in [0.15, 0.2) is 5.13 Å². The molecule has 0 radical (unpaired) electrons. The van der Waals surface area contributed by atoms with Crippen molar-refractivity contribution in [2.75, 3.05) is 5.32 Å². The third-order valence-electron chi connectivity index (χ3n) is 3.82. The largest absolute Gasteiger partial charge is 0.298 e. The summed E-state index contributed by atoms with van der Waals surface area (Å²) in [5.41, 5.74) is 6.27. The molecule has 3 aromatic rings. The fourth-order valence-electron chi connectivity index (χ4n) is 2.48. The minimum Gasteiger partial charge on any atom is -0.298 e. The van der Waals surface area contributed by atoms with E-state index in [2.05, 4.69) is 29.4 Å². The van der Waals surface area contributed by atoms with E-state index in [1.807, 2.05) is 39.0 Å². The summed E-state index contributed by atoms with van der Waals surface area (Å²) in [5.74, 6) is -0.114. The van der Waals surface area contributed by atoms with E-state index in [9.17, 15) is 4.79 Å². The molecular formula is C18H18N2OS. The second-order valence-electron chi connectivity index (χ2n) is 5.70. The van der Waals surface area contributed by atoms with Gasteiger partial charge in [-0.15, -0.1) is 0 Å². The normalized spacial score (nSPS) is 10.9. The molecule has 0 saturated carbocycles. The number of carbonyl (C=O) groups excluding carboxylic acids is 1. The second-order valence-corrected chi connectivity index (χ2v) is 6.73. The summed E-state index contributed by atoms with van der Waals surface area (Å²) in [6, 6.07) is 9.94. The van der Waals surface area contributed by atoms with Crippen LogP contribution in [-0.2, 0) is 0 Å². The number of benzene rings is 2. The van der Waals surface area contributed by atoms with Crippen LogP contribution in [0.5, 0.6) is 0 Å². The predicted molar refractivity (Wildman–Crippen MR) is 93.0 cm³/mol. The fraction of sp³-hybridized carbons (Fsp3) is 0.222. The molecular weight excluding hydrogens is 292 g/mol. The van der Waals surface area contributed by atoms with Crippen molar-refractivity contribution in [3.63, 3.8) is 0 Å². The SMILES string of the molecule is Cc1cc(C)c2nc(NC(=O)c3ccc(C)c(C)c3)sc2c1. The molecule has 1 amide bonds. The number of nitrogens with zero attached hydrogens (tertiary/aromatic N) is 1. The minimum atomic E-state index is -0.114. The van der Waals surface area contributed by atoms with E-state index in [0.29, 0.717) is 10.7 Å². The third-order valence-corrected chi connectivity index (χ3v) is 4.74. The van der Waals surface area contributed by atoms with Crippen molar-refractivity contribution in [1.29, 1.82) is 0 Å². The first kappa shape index (κ1) is 14.7. The van der Waals surface area contributed by atoms with Gasteiger partial charge in [0.1, 0.15) is 0 Å². The van der Waals surface area contributed by atoms with Crippen molar-refractivity contribution >= 4 is 32.6 Å². The molecule has 0 spiro atoms. The van der Waals surface area contributed by atoms with E-state index < -0.39 is 0 Å². The molecule has 0 unspecified atom stereocenters. The summed E-state index contributed by atoms with van der Waals surface area (Å²) in [6.45, 7) is 8.16. The van der Waals surface area contributed by atoms with Gasteiger partial charge in [0.25, 0.3) is 5.91 Å². The number of thiazole rings is 1. The lowest BCUT2D eigenvalue weighted by Crippen LogP contribution is -2.11. The Labute approximate surface area is 134 Å². The topological polar surface area (TPSA) is 42.0 Å². The molecule has 4 heteroatoms. The first-order valence-electron chi connectivity index (χ1n) is 7.20. The number of hydrogen-bond acceptors (Lipinski definition) is 3. The van der Waals surface area contributed by atoms with Crippen LogP contribution in [0.3, 0.4) is 0 Å². The van der Waals surface area contributed by atoms with Crippen molar-refractivity contribution < 1.29 is 4.79 Å². The zero-order valence-corrected chi connectivity index (χ0v) is 14.0. The Kier molecular flexibility index (Phi) is 3.71. The molecule has 2 aromatic carbocycles. The summed E-state index contributed by atoms with van der Waals surface area (Å²) < 4.78 is 1.10. The number of amides is 1. The first-order chi connectivity index (χ1) is 10.4. The van der Waals surface area contributed by atoms with Gasteiger partial charge in [0.2, 0.25) is 0 Å². The lowest BCUT2D eigenvalue weighted by Gasteiger charge is -2.04. The maximum absolute atomic E-state index is 12.4. The van der Waals surface area contributed by atoms with Crippen LogP contribution in [0.4, 0.5) is 5.13 Å². The van der Waals surface area contributed by atoms with Crippen molar-refractivity contribution in [1.82, 2.24) is 4.98 Å². The number of aromatic nitrogens is 1. The maximum atomic E-state index is 12.4. The molecule has 0 atom stereocenters. The Bertz CT molecular complexity index is 880. The van der Waals surface area contributed by atoms with Gasteiger partial charge < -0.3 is 0 Å². The molecule has 0 aliphatic heterocycles. The highest BCUT2D eigenvalue weighted by atomic mass is 32.1. The van der Waals surface area contributed by atoms with Crippen LogP contribution in [0, 0.1) is 27.7 Å². The Morgan fingerprint density at radius 1 is 1.00 bits per heavy atom. The molecule has 0 fully saturated rings. The fourth-order valence-corrected chi connectivity index (χ4v) is 3.51. The lowest BCUT2D eigenvalue weighted by atomic mass is 10.1. The molecule has 0 aliphatic carbocycles. The van der Waals surface area contributed by atoms with E-state index in [1.54, 1.807) is 0 Å². The molecule has 0 aliphatic rings. The minimum absolute atomic E-state index is 0.114.